The lowest BCUT2D eigenvalue weighted by molar-refractivity contribution is 0.236. The first-order chi connectivity index (χ1) is 14.5. The molecule has 0 unspecified atom stereocenters. The van der Waals surface area contributed by atoms with Gasteiger partial charge in [0.05, 0.1) is 24.3 Å². The molecule has 3 aromatic rings. The number of rotatable bonds is 2. The molecule has 4 rings (SSSR count). The quantitative estimate of drug-likeness (QED) is 0.666. The molecule has 0 aliphatic carbocycles. The maximum atomic E-state index is 13.5. The topological polar surface area (TPSA) is 72.3 Å². The molecule has 152 valence electrons. The van der Waals surface area contributed by atoms with Gasteiger partial charge in [-0.05, 0) is 30.7 Å². The number of benzene rings is 1. The van der Waals surface area contributed by atoms with Crippen LogP contribution in [0.5, 0.6) is 5.88 Å². The number of ether oxygens (including phenoxy) is 1. The van der Waals surface area contributed by atoms with E-state index in [1.54, 1.807) is 40.2 Å². The maximum Gasteiger partial charge on any atom is 0.322 e. The molecule has 0 saturated carbocycles. The van der Waals surface area contributed by atoms with Gasteiger partial charge in [-0.25, -0.2) is 14.2 Å². The zero-order chi connectivity index (χ0) is 21.1. The van der Waals surface area contributed by atoms with E-state index in [9.17, 15) is 9.18 Å². The number of carbonyl (C=O) groups excluding carboxylic acids is 1. The Labute approximate surface area is 173 Å². The Morgan fingerprint density at radius 1 is 1.27 bits per heavy atom. The van der Waals surface area contributed by atoms with E-state index in [0.29, 0.717) is 35.8 Å². The third-order valence-corrected chi connectivity index (χ3v) is 4.67. The van der Waals surface area contributed by atoms with Crippen molar-refractivity contribution in [3.63, 3.8) is 0 Å². The molecule has 1 N–H and O–H groups in total. The van der Waals surface area contributed by atoms with Crippen molar-refractivity contribution in [1.29, 1.82) is 0 Å². The van der Waals surface area contributed by atoms with E-state index in [-0.39, 0.29) is 17.9 Å². The monoisotopic (exact) mass is 405 g/mol. The van der Waals surface area contributed by atoms with Crippen LogP contribution >= 0.6 is 0 Å². The van der Waals surface area contributed by atoms with Gasteiger partial charge in [0.25, 0.3) is 0 Å². The van der Waals surface area contributed by atoms with Gasteiger partial charge < -0.3 is 10.1 Å². The summed E-state index contributed by atoms with van der Waals surface area (Å²) in [5.74, 6) is 6.09. The number of halogens is 1. The number of hydrogen-bond acceptors (Lipinski definition) is 4. The van der Waals surface area contributed by atoms with Gasteiger partial charge in [-0.3, -0.25) is 9.58 Å². The first kappa shape index (κ1) is 19.5. The van der Waals surface area contributed by atoms with Gasteiger partial charge in [-0.2, -0.15) is 5.10 Å². The first-order valence-corrected chi connectivity index (χ1v) is 9.46. The molecule has 0 fully saturated rings. The van der Waals surface area contributed by atoms with E-state index in [0.717, 1.165) is 5.56 Å². The highest BCUT2D eigenvalue weighted by atomic mass is 19.1. The minimum absolute atomic E-state index is 0.310. The van der Waals surface area contributed by atoms with Crippen LogP contribution < -0.4 is 15.0 Å². The highest BCUT2D eigenvalue weighted by molar-refractivity contribution is 5.94. The van der Waals surface area contributed by atoms with Gasteiger partial charge in [-0.15, -0.1) is 0 Å². The molecule has 0 saturated heterocycles. The lowest BCUT2D eigenvalue weighted by Gasteiger charge is -2.30. The summed E-state index contributed by atoms with van der Waals surface area (Å²) in [5, 5.41) is 6.99. The molecule has 8 heteroatoms. The number of aryl methyl sites for hydroxylation is 1. The van der Waals surface area contributed by atoms with Gasteiger partial charge >= 0.3 is 6.03 Å². The molecule has 2 aromatic heterocycles. The lowest BCUT2D eigenvalue weighted by atomic mass is 10.1. The number of nitrogens with zero attached hydrogens (tertiary/aromatic N) is 4. The van der Waals surface area contributed by atoms with E-state index < -0.39 is 0 Å². The summed E-state index contributed by atoms with van der Waals surface area (Å²) < 4.78 is 20.8. The van der Waals surface area contributed by atoms with Crippen LogP contribution in [0.1, 0.15) is 29.7 Å². The summed E-state index contributed by atoms with van der Waals surface area (Å²) in [6, 6.07) is 7.28. The van der Waals surface area contributed by atoms with E-state index >= 15 is 0 Å². The Morgan fingerprint density at radius 2 is 2.10 bits per heavy atom. The SMILES string of the molecule is C[C@H](NC(=O)N1CCOc2ncc(C#Cc3cnn(C)c3)cc21)c1cccc(F)c1. The zero-order valence-electron chi connectivity index (χ0n) is 16.6. The Kier molecular flexibility index (Phi) is 5.35. The second kappa shape index (κ2) is 8.25. The summed E-state index contributed by atoms with van der Waals surface area (Å²) >= 11 is 0. The van der Waals surface area contributed by atoms with Crippen molar-refractivity contribution in [2.24, 2.45) is 7.05 Å². The summed E-state index contributed by atoms with van der Waals surface area (Å²) in [4.78, 5) is 18.8. The van der Waals surface area contributed by atoms with Crippen LogP contribution in [0.3, 0.4) is 0 Å². The summed E-state index contributed by atoms with van der Waals surface area (Å²) in [5.41, 5.74) is 2.67. The average molecular weight is 405 g/mol. The average Bonchev–Trinajstić information content (AvgIpc) is 3.16. The molecular formula is C22H20FN5O2. The van der Waals surface area contributed by atoms with Crippen molar-refractivity contribution in [3.05, 3.63) is 71.4 Å². The Bertz CT molecular complexity index is 1150. The van der Waals surface area contributed by atoms with Crippen molar-refractivity contribution in [3.8, 4) is 17.7 Å². The summed E-state index contributed by atoms with van der Waals surface area (Å²) in [6.07, 6.45) is 5.10. The van der Waals surface area contributed by atoms with Crippen LogP contribution in [-0.2, 0) is 7.05 Å². The van der Waals surface area contributed by atoms with Gasteiger partial charge in [0.1, 0.15) is 18.1 Å². The number of fused-ring (bicyclic) bond motifs is 1. The molecule has 1 aliphatic rings. The third-order valence-electron chi connectivity index (χ3n) is 4.67. The number of urea groups is 1. The lowest BCUT2D eigenvalue weighted by Crippen LogP contribution is -2.45. The molecular weight excluding hydrogens is 385 g/mol. The van der Waals surface area contributed by atoms with Crippen molar-refractivity contribution >= 4 is 11.7 Å². The predicted octanol–water partition coefficient (Wildman–Crippen LogP) is 3.02. The van der Waals surface area contributed by atoms with Crippen LogP contribution in [0.25, 0.3) is 0 Å². The smallest absolute Gasteiger partial charge is 0.322 e. The number of pyridine rings is 1. The molecule has 2 amide bonds. The molecule has 0 radical (unpaired) electrons. The Morgan fingerprint density at radius 3 is 2.87 bits per heavy atom. The van der Waals surface area contributed by atoms with Gasteiger partial charge in [0, 0.05) is 25.0 Å². The second-order valence-electron chi connectivity index (χ2n) is 6.93. The van der Waals surface area contributed by atoms with Gasteiger partial charge in [0.15, 0.2) is 0 Å². The molecule has 0 bridgehead atoms. The summed E-state index contributed by atoms with van der Waals surface area (Å²) in [6.45, 7) is 2.51. The minimum Gasteiger partial charge on any atom is -0.474 e. The highest BCUT2D eigenvalue weighted by Crippen LogP contribution is 2.30. The number of anilines is 1. The molecule has 0 spiro atoms. The number of aromatic nitrogens is 3. The van der Waals surface area contributed by atoms with Crippen LogP contribution in [0.4, 0.5) is 14.9 Å². The molecule has 7 nitrogen and oxygen atoms in total. The zero-order valence-corrected chi connectivity index (χ0v) is 16.6. The molecule has 1 aromatic carbocycles. The Hall–Kier alpha value is -3.86. The Balaban J connectivity index is 1.55. The van der Waals surface area contributed by atoms with E-state index in [1.165, 1.54) is 12.1 Å². The van der Waals surface area contributed by atoms with Crippen molar-refractivity contribution in [1.82, 2.24) is 20.1 Å². The normalized spacial score (nSPS) is 13.5. The van der Waals surface area contributed by atoms with Crippen molar-refractivity contribution in [2.45, 2.75) is 13.0 Å². The van der Waals surface area contributed by atoms with Crippen LogP contribution in [0.2, 0.25) is 0 Å². The highest BCUT2D eigenvalue weighted by Gasteiger charge is 2.26. The number of amides is 2. The standard InChI is InChI=1S/C22H20FN5O2/c1-15(18-4-3-5-19(23)11-18)26-22(29)28-8-9-30-21-20(28)10-16(12-24-21)6-7-17-13-25-27(2)14-17/h3-5,10-15H,8-9H2,1-2H3,(H,26,29)/t15-/m0/s1. The largest absolute Gasteiger partial charge is 0.474 e. The molecule has 3 heterocycles. The van der Waals surface area contributed by atoms with Crippen LogP contribution in [-0.4, -0.2) is 33.9 Å². The molecule has 30 heavy (non-hydrogen) atoms. The van der Waals surface area contributed by atoms with Gasteiger partial charge in [-0.1, -0.05) is 24.0 Å². The van der Waals surface area contributed by atoms with Crippen LogP contribution in [0.15, 0.2) is 48.9 Å². The minimum atomic E-state index is -0.360. The van der Waals surface area contributed by atoms with Crippen molar-refractivity contribution < 1.29 is 13.9 Å². The number of nitrogens with one attached hydrogen (secondary N) is 1. The number of carbonyl (C=O) groups is 1. The molecule has 1 atom stereocenters. The van der Waals surface area contributed by atoms with E-state index in [2.05, 4.69) is 27.2 Å². The first-order valence-electron chi connectivity index (χ1n) is 9.46. The van der Waals surface area contributed by atoms with E-state index in [4.69, 9.17) is 4.74 Å². The second-order valence-corrected chi connectivity index (χ2v) is 6.93. The van der Waals surface area contributed by atoms with Gasteiger partial charge in [0.2, 0.25) is 5.88 Å². The predicted molar refractivity (Wildman–Crippen MR) is 110 cm³/mol. The molecule has 1 aliphatic heterocycles. The fourth-order valence-electron chi connectivity index (χ4n) is 3.13. The van der Waals surface area contributed by atoms with E-state index in [1.807, 2.05) is 20.2 Å². The van der Waals surface area contributed by atoms with Crippen molar-refractivity contribution in [2.75, 3.05) is 18.1 Å². The summed E-state index contributed by atoms with van der Waals surface area (Å²) in [7, 11) is 1.82. The van der Waals surface area contributed by atoms with Crippen LogP contribution in [0, 0.1) is 17.7 Å². The fraction of sp³-hybridized carbons (Fsp3) is 0.227. The fourth-order valence-corrected chi connectivity index (χ4v) is 3.13. The third kappa shape index (κ3) is 4.25. The number of hydrogen-bond donors (Lipinski definition) is 1. The maximum absolute atomic E-state index is 13.5.